The van der Waals surface area contributed by atoms with Crippen LogP contribution in [0.3, 0.4) is 0 Å². The van der Waals surface area contributed by atoms with Crippen molar-refractivity contribution in [3.63, 3.8) is 0 Å². The van der Waals surface area contributed by atoms with E-state index >= 15 is 0 Å². The summed E-state index contributed by atoms with van der Waals surface area (Å²) in [4.78, 5) is 22.2. The summed E-state index contributed by atoms with van der Waals surface area (Å²) < 4.78 is 17.8. The van der Waals surface area contributed by atoms with Crippen molar-refractivity contribution in [3.8, 4) is 0 Å². The van der Waals surface area contributed by atoms with E-state index in [2.05, 4.69) is 15.0 Å². The van der Waals surface area contributed by atoms with Gasteiger partial charge in [-0.1, -0.05) is 16.8 Å². The lowest BCUT2D eigenvalue weighted by molar-refractivity contribution is 0.0651. The summed E-state index contributed by atoms with van der Waals surface area (Å²) in [7, 11) is 0. The number of benzene rings is 1. The summed E-state index contributed by atoms with van der Waals surface area (Å²) in [6.07, 6.45) is 0. The highest BCUT2D eigenvalue weighted by Gasteiger charge is 2.17. The van der Waals surface area contributed by atoms with Crippen LogP contribution in [0.2, 0.25) is 5.02 Å². The molecule has 0 radical (unpaired) electrons. The van der Waals surface area contributed by atoms with Crippen LogP contribution in [0.15, 0.2) is 28.8 Å². The first-order valence-corrected chi connectivity index (χ1v) is 5.31. The molecular weight excluding hydrogens is 279 g/mol. The number of carbonyl (C=O) groups is 2. The molecule has 1 aromatic carbocycles. The Morgan fingerprint density at radius 1 is 1.37 bits per heavy atom. The normalized spacial score (nSPS) is 10.2. The Labute approximate surface area is 110 Å². The average Bonchev–Trinajstić information content (AvgIpc) is 2.82. The van der Waals surface area contributed by atoms with Crippen molar-refractivity contribution in [1.82, 2.24) is 5.16 Å². The van der Waals surface area contributed by atoms with E-state index in [1.165, 1.54) is 12.1 Å². The van der Waals surface area contributed by atoms with Gasteiger partial charge < -0.3 is 14.9 Å². The molecule has 0 aliphatic carbocycles. The zero-order chi connectivity index (χ0) is 14.0. The molecule has 0 saturated carbocycles. The van der Waals surface area contributed by atoms with Crippen LogP contribution in [0.5, 0.6) is 0 Å². The Bertz CT molecular complexity index is 656. The van der Waals surface area contributed by atoms with Gasteiger partial charge in [0.25, 0.3) is 5.91 Å². The number of rotatable bonds is 3. The van der Waals surface area contributed by atoms with Crippen molar-refractivity contribution in [1.29, 1.82) is 0 Å². The van der Waals surface area contributed by atoms with Crippen molar-refractivity contribution < 1.29 is 23.6 Å². The number of carboxylic acid groups (broad SMARTS) is 1. The molecule has 2 N–H and O–H groups in total. The number of amides is 1. The van der Waals surface area contributed by atoms with E-state index in [1.54, 1.807) is 0 Å². The van der Waals surface area contributed by atoms with Gasteiger partial charge in [-0.2, -0.15) is 0 Å². The number of carboxylic acids is 1. The van der Waals surface area contributed by atoms with Crippen molar-refractivity contribution in [2.45, 2.75) is 0 Å². The van der Waals surface area contributed by atoms with Gasteiger partial charge >= 0.3 is 5.97 Å². The lowest BCUT2D eigenvalue weighted by Gasteiger charge is -2.04. The Hall–Kier alpha value is -2.41. The monoisotopic (exact) mass is 284 g/mol. The molecule has 8 heteroatoms. The van der Waals surface area contributed by atoms with Crippen LogP contribution in [0.4, 0.5) is 10.1 Å². The number of aromatic carboxylic acids is 1. The standard InChI is InChI=1S/C11H6ClFN2O4/c12-5-1-2-7(6(13)3-5)14-10(16)8-4-9(11(17)18)19-15-8/h1-4H,(H,14,16)(H,17,18). The summed E-state index contributed by atoms with van der Waals surface area (Å²) in [6, 6.07) is 4.63. The number of carbonyl (C=O) groups excluding carboxylic acids is 1. The molecule has 0 aliphatic rings. The third-order valence-corrected chi connectivity index (χ3v) is 2.37. The molecular formula is C11H6ClFN2O4. The van der Waals surface area contributed by atoms with Gasteiger partial charge in [0.2, 0.25) is 5.76 Å². The van der Waals surface area contributed by atoms with Gasteiger partial charge in [-0.3, -0.25) is 4.79 Å². The van der Waals surface area contributed by atoms with E-state index in [4.69, 9.17) is 16.7 Å². The van der Waals surface area contributed by atoms with Gasteiger partial charge in [0.05, 0.1) is 5.69 Å². The van der Waals surface area contributed by atoms with Gasteiger partial charge in [-0.15, -0.1) is 0 Å². The second kappa shape index (κ2) is 5.07. The minimum absolute atomic E-state index is 0.103. The molecule has 1 amide bonds. The highest BCUT2D eigenvalue weighted by Crippen LogP contribution is 2.19. The van der Waals surface area contributed by atoms with Crippen molar-refractivity contribution in [3.05, 3.63) is 46.6 Å². The van der Waals surface area contributed by atoms with Gasteiger partial charge in [0, 0.05) is 11.1 Å². The van der Waals surface area contributed by atoms with E-state index in [-0.39, 0.29) is 16.4 Å². The molecule has 1 heterocycles. The quantitative estimate of drug-likeness (QED) is 0.903. The van der Waals surface area contributed by atoms with E-state index in [0.717, 1.165) is 12.1 Å². The molecule has 19 heavy (non-hydrogen) atoms. The summed E-state index contributed by atoms with van der Waals surface area (Å²) in [5.74, 6) is -3.36. The number of aromatic nitrogens is 1. The maximum Gasteiger partial charge on any atom is 0.374 e. The zero-order valence-electron chi connectivity index (χ0n) is 9.18. The Balaban J connectivity index is 2.18. The lowest BCUT2D eigenvalue weighted by Crippen LogP contribution is -2.13. The fraction of sp³-hybridized carbons (Fsp3) is 0. The second-order valence-corrected chi connectivity index (χ2v) is 3.90. The molecule has 2 aromatic rings. The fourth-order valence-corrected chi connectivity index (χ4v) is 1.42. The number of hydrogen-bond donors (Lipinski definition) is 2. The fourth-order valence-electron chi connectivity index (χ4n) is 1.26. The van der Waals surface area contributed by atoms with Crippen LogP contribution in [-0.2, 0) is 0 Å². The van der Waals surface area contributed by atoms with Crippen LogP contribution in [0.1, 0.15) is 21.0 Å². The molecule has 0 bridgehead atoms. The minimum Gasteiger partial charge on any atom is -0.475 e. The van der Waals surface area contributed by atoms with Crippen molar-refractivity contribution >= 4 is 29.2 Å². The molecule has 0 spiro atoms. The first-order chi connectivity index (χ1) is 8.97. The van der Waals surface area contributed by atoms with Crippen molar-refractivity contribution in [2.24, 2.45) is 0 Å². The Kier molecular flexibility index (Phi) is 3.48. The highest BCUT2D eigenvalue weighted by molar-refractivity contribution is 6.30. The molecule has 0 saturated heterocycles. The molecule has 0 aliphatic heterocycles. The molecule has 6 nitrogen and oxygen atoms in total. The summed E-state index contributed by atoms with van der Waals surface area (Å²) in [5, 5.41) is 14.3. The first kappa shape index (κ1) is 13.0. The summed E-state index contributed by atoms with van der Waals surface area (Å²) >= 11 is 5.56. The van der Waals surface area contributed by atoms with Gasteiger partial charge in [-0.05, 0) is 18.2 Å². The SMILES string of the molecule is O=C(Nc1ccc(Cl)cc1F)c1cc(C(=O)O)on1. The largest absolute Gasteiger partial charge is 0.475 e. The average molecular weight is 285 g/mol. The smallest absolute Gasteiger partial charge is 0.374 e. The molecule has 0 fully saturated rings. The molecule has 1 aromatic heterocycles. The highest BCUT2D eigenvalue weighted by atomic mass is 35.5. The van der Waals surface area contributed by atoms with E-state index in [0.29, 0.717) is 0 Å². The second-order valence-electron chi connectivity index (χ2n) is 3.46. The topological polar surface area (TPSA) is 92.4 Å². The third kappa shape index (κ3) is 2.89. The molecule has 0 unspecified atom stereocenters. The van der Waals surface area contributed by atoms with E-state index in [1.807, 2.05) is 0 Å². The third-order valence-electron chi connectivity index (χ3n) is 2.13. The van der Waals surface area contributed by atoms with Crippen LogP contribution < -0.4 is 5.32 Å². The Morgan fingerprint density at radius 3 is 2.68 bits per heavy atom. The zero-order valence-corrected chi connectivity index (χ0v) is 9.94. The summed E-state index contributed by atoms with van der Waals surface area (Å²) in [5.41, 5.74) is -0.374. The van der Waals surface area contributed by atoms with Crippen LogP contribution in [0, 0.1) is 5.82 Å². The maximum atomic E-state index is 13.4. The van der Waals surface area contributed by atoms with Gasteiger partial charge in [0.1, 0.15) is 5.82 Å². The lowest BCUT2D eigenvalue weighted by atomic mass is 10.3. The number of anilines is 1. The first-order valence-electron chi connectivity index (χ1n) is 4.94. The minimum atomic E-state index is -1.36. The summed E-state index contributed by atoms with van der Waals surface area (Å²) in [6.45, 7) is 0. The van der Waals surface area contributed by atoms with Gasteiger partial charge in [0.15, 0.2) is 5.69 Å². The predicted molar refractivity (Wildman–Crippen MR) is 62.8 cm³/mol. The van der Waals surface area contributed by atoms with E-state index in [9.17, 15) is 14.0 Å². The van der Waals surface area contributed by atoms with Crippen LogP contribution in [-0.4, -0.2) is 22.1 Å². The maximum absolute atomic E-state index is 13.4. The molecule has 2 rings (SSSR count). The van der Waals surface area contributed by atoms with Crippen molar-refractivity contribution in [2.75, 3.05) is 5.32 Å². The number of nitrogens with zero attached hydrogens (tertiary/aromatic N) is 1. The van der Waals surface area contributed by atoms with Crippen LogP contribution >= 0.6 is 11.6 Å². The molecule has 0 atom stereocenters. The predicted octanol–water partition coefficient (Wildman–Crippen LogP) is 2.42. The molecule has 98 valence electrons. The number of halogens is 2. The van der Waals surface area contributed by atoms with Gasteiger partial charge in [-0.25, -0.2) is 9.18 Å². The Morgan fingerprint density at radius 2 is 2.11 bits per heavy atom. The van der Waals surface area contributed by atoms with E-state index < -0.39 is 23.5 Å². The van der Waals surface area contributed by atoms with Crippen LogP contribution in [0.25, 0.3) is 0 Å². The number of hydrogen-bond acceptors (Lipinski definition) is 4. The number of nitrogens with one attached hydrogen (secondary N) is 1.